The lowest BCUT2D eigenvalue weighted by atomic mass is 10.1. The van der Waals surface area contributed by atoms with E-state index in [4.69, 9.17) is 10.2 Å². The zero-order chi connectivity index (χ0) is 12.7. The highest BCUT2D eigenvalue weighted by Gasteiger charge is 2.09. The van der Waals surface area contributed by atoms with Crippen LogP contribution >= 0.6 is 15.9 Å². The highest BCUT2D eigenvalue weighted by Crippen LogP contribution is 2.12. The monoisotopic (exact) mass is 301 g/mol. The summed E-state index contributed by atoms with van der Waals surface area (Å²) in [5.74, 6) is -0.168. The first-order valence-electron chi connectivity index (χ1n) is 5.41. The normalized spacial score (nSPS) is 10.6. The lowest BCUT2D eigenvalue weighted by Gasteiger charge is -2.13. The SMILES string of the molecule is O=C(CCc1cccc(Br)c1)NC(CO)CO. The Kier molecular flexibility index (Phi) is 6.18. The molecule has 1 aromatic rings. The zero-order valence-electron chi connectivity index (χ0n) is 9.40. The molecule has 0 spiro atoms. The molecule has 1 rings (SSSR count). The van der Waals surface area contributed by atoms with Crippen LogP contribution in [0.3, 0.4) is 0 Å². The van der Waals surface area contributed by atoms with Crippen molar-refractivity contribution in [3.05, 3.63) is 34.3 Å². The van der Waals surface area contributed by atoms with Crippen molar-refractivity contribution in [3.63, 3.8) is 0 Å². The quantitative estimate of drug-likeness (QED) is 0.730. The fourth-order valence-electron chi connectivity index (χ4n) is 1.40. The van der Waals surface area contributed by atoms with Gasteiger partial charge in [0.1, 0.15) is 0 Å². The van der Waals surface area contributed by atoms with E-state index in [1.807, 2.05) is 24.3 Å². The highest BCUT2D eigenvalue weighted by molar-refractivity contribution is 9.10. The van der Waals surface area contributed by atoms with Crippen molar-refractivity contribution in [2.75, 3.05) is 13.2 Å². The van der Waals surface area contributed by atoms with Gasteiger partial charge in [0, 0.05) is 10.9 Å². The minimum Gasteiger partial charge on any atom is -0.394 e. The molecule has 0 bridgehead atoms. The number of amides is 1. The van der Waals surface area contributed by atoms with Crippen LogP contribution in [-0.4, -0.2) is 35.4 Å². The molecule has 0 aliphatic carbocycles. The van der Waals surface area contributed by atoms with E-state index in [2.05, 4.69) is 21.2 Å². The zero-order valence-corrected chi connectivity index (χ0v) is 11.0. The van der Waals surface area contributed by atoms with Crippen molar-refractivity contribution < 1.29 is 15.0 Å². The van der Waals surface area contributed by atoms with Crippen LogP contribution < -0.4 is 5.32 Å². The fraction of sp³-hybridized carbons (Fsp3) is 0.417. The lowest BCUT2D eigenvalue weighted by molar-refractivity contribution is -0.122. The summed E-state index contributed by atoms with van der Waals surface area (Å²) in [4.78, 5) is 11.5. The van der Waals surface area contributed by atoms with Gasteiger partial charge in [-0.1, -0.05) is 28.1 Å². The maximum absolute atomic E-state index is 11.5. The number of carbonyl (C=O) groups is 1. The van der Waals surface area contributed by atoms with Crippen LogP contribution in [-0.2, 0) is 11.2 Å². The third-order valence-electron chi connectivity index (χ3n) is 2.34. The van der Waals surface area contributed by atoms with Crippen molar-refractivity contribution in [2.45, 2.75) is 18.9 Å². The van der Waals surface area contributed by atoms with E-state index in [0.29, 0.717) is 12.8 Å². The van der Waals surface area contributed by atoms with E-state index in [9.17, 15) is 4.79 Å². The van der Waals surface area contributed by atoms with Crippen LogP contribution in [0.25, 0.3) is 0 Å². The number of carbonyl (C=O) groups excluding carboxylic acids is 1. The summed E-state index contributed by atoms with van der Waals surface area (Å²) in [6.07, 6.45) is 0.974. The molecule has 0 fully saturated rings. The summed E-state index contributed by atoms with van der Waals surface area (Å²) < 4.78 is 0.985. The van der Waals surface area contributed by atoms with Crippen molar-refractivity contribution in [1.82, 2.24) is 5.32 Å². The number of rotatable bonds is 6. The van der Waals surface area contributed by atoms with Gasteiger partial charge in [0.05, 0.1) is 19.3 Å². The van der Waals surface area contributed by atoms with Gasteiger partial charge in [-0.3, -0.25) is 4.79 Å². The molecule has 17 heavy (non-hydrogen) atoms. The van der Waals surface area contributed by atoms with E-state index >= 15 is 0 Å². The van der Waals surface area contributed by atoms with Crippen LogP contribution in [0.4, 0.5) is 0 Å². The second-order valence-corrected chi connectivity index (χ2v) is 4.68. The first-order valence-corrected chi connectivity index (χ1v) is 6.20. The average molecular weight is 302 g/mol. The van der Waals surface area contributed by atoms with E-state index in [1.54, 1.807) is 0 Å². The van der Waals surface area contributed by atoms with Gasteiger partial charge in [-0.05, 0) is 24.1 Å². The molecule has 0 saturated heterocycles. The van der Waals surface area contributed by atoms with Crippen LogP contribution in [0.5, 0.6) is 0 Å². The maximum atomic E-state index is 11.5. The van der Waals surface area contributed by atoms with Gasteiger partial charge in [-0.25, -0.2) is 0 Å². The van der Waals surface area contributed by atoms with Crippen molar-refractivity contribution in [1.29, 1.82) is 0 Å². The number of hydrogen-bond donors (Lipinski definition) is 3. The Hall–Kier alpha value is -0.910. The molecule has 0 aliphatic rings. The second kappa shape index (κ2) is 7.42. The predicted molar refractivity (Wildman–Crippen MR) is 68.6 cm³/mol. The Balaban J connectivity index is 2.38. The Morgan fingerprint density at radius 2 is 2.06 bits per heavy atom. The standard InChI is InChI=1S/C12H16BrNO3/c13-10-3-1-2-9(6-10)4-5-12(17)14-11(7-15)8-16/h1-3,6,11,15-16H,4-5,7-8H2,(H,14,17). The molecule has 0 saturated carbocycles. The van der Waals surface area contributed by atoms with Crippen molar-refractivity contribution in [2.24, 2.45) is 0 Å². The van der Waals surface area contributed by atoms with Gasteiger partial charge in [-0.15, -0.1) is 0 Å². The average Bonchev–Trinajstić information content (AvgIpc) is 2.33. The minimum atomic E-state index is -0.565. The Morgan fingerprint density at radius 3 is 2.65 bits per heavy atom. The molecule has 1 aromatic carbocycles. The van der Waals surface area contributed by atoms with Gasteiger partial charge in [0.25, 0.3) is 0 Å². The Bertz CT molecular complexity index is 367. The number of aliphatic hydroxyl groups is 2. The highest BCUT2D eigenvalue weighted by atomic mass is 79.9. The molecular formula is C12H16BrNO3. The molecule has 0 unspecified atom stereocenters. The largest absolute Gasteiger partial charge is 0.394 e. The first-order chi connectivity index (χ1) is 8.15. The number of nitrogens with one attached hydrogen (secondary N) is 1. The molecule has 1 amide bonds. The summed E-state index contributed by atoms with van der Waals surface area (Å²) in [5.41, 5.74) is 1.07. The number of hydrogen-bond acceptors (Lipinski definition) is 3. The smallest absolute Gasteiger partial charge is 0.220 e. The Morgan fingerprint density at radius 1 is 1.35 bits per heavy atom. The Labute approximate surface area is 109 Å². The predicted octanol–water partition coefficient (Wildman–Crippen LogP) is 0.851. The summed E-state index contributed by atoms with van der Waals surface area (Å²) in [5, 5.41) is 20.2. The summed E-state index contributed by atoms with van der Waals surface area (Å²) in [6.45, 7) is -0.502. The van der Waals surface area contributed by atoms with Crippen LogP contribution in [0, 0.1) is 0 Å². The molecule has 0 atom stereocenters. The summed E-state index contributed by atoms with van der Waals surface area (Å²) in [7, 11) is 0. The molecule has 0 heterocycles. The molecule has 0 aromatic heterocycles. The van der Waals surface area contributed by atoms with Gasteiger partial charge in [-0.2, -0.15) is 0 Å². The van der Waals surface area contributed by atoms with Gasteiger partial charge < -0.3 is 15.5 Å². The van der Waals surface area contributed by atoms with Gasteiger partial charge >= 0.3 is 0 Å². The second-order valence-electron chi connectivity index (χ2n) is 3.76. The summed E-state index contributed by atoms with van der Waals surface area (Å²) >= 11 is 3.37. The number of halogens is 1. The molecule has 0 radical (unpaired) electrons. The molecule has 3 N–H and O–H groups in total. The molecular weight excluding hydrogens is 286 g/mol. The van der Waals surface area contributed by atoms with Crippen LogP contribution in [0.2, 0.25) is 0 Å². The molecule has 0 aliphatic heterocycles. The third kappa shape index (κ3) is 5.30. The molecule has 5 heteroatoms. The van der Waals surface area contributed by atoms with E-state index in [1.165, 1.54) is 0 Å². The lowest BCUT2D eigenvalue weighted by Crippen LogP contribution is -2.40. The first kappa shape index (κ1) is 14.2. The maximum Gasteiger partial charge on any atom is 0.220 e. The molecule has 94 valence electrons. The van der Waals surface area contributed by atoms with Crippen molar-refractivity contribution in [3.8, 4) is 0 Å². The van der Waals surface area contributed by atoms with Crippen molar-refractivity contribution >= 4 is 21.8 Å². The summed E-state index contributed by atoms with van der Waals surface area (Å²) in [6, 6.07) is 7.19. The number of aryl methyl sites for hydroxylation is 1. The fourth-order valence-corrected chi connectivity index (χ4v) is 1.85. The van der Waals surface area contributed by atoms with Gasteiger partial charge in [0.2, 0.25) is 5.91 Å². The number of aliphatic hydroxyl groups excluding tert-OH is 2. The van der Waals surface area contributed by atoms with Crippen LogP contribution in [0.15, 0.2) is 28.7 Å². The molecule has 4 nitrogen and oxygen atoms in total. The van der Waals surface area contributed by atoms with Gasteiger partial charge in [0.15, 0.2) is 0 Å². The van der Waals surface area contributed by atoms with E-state index in [-0.39, 0.29) is 19.1 Å². The number of benzene rings is 1. The van der Waals surface area contributed by atoms with E-state index in [0.717, 1.165) is 10.0 Å². The topological polar surface area (TPSA) is 69.6 Å². The third-order valence-corrected chi connectivity index (χ3v) is 2.83. The van der Waals surface area contributed by atoms with Crippen LogP contribution in [0.1, 0.15) is 12.0 Å². The minimum absolute atomic E-state index is 0.168. The van der Waals surface area contributed by atoms with E-state index < -0.39 is 6.04 Å².